The molecule has 0 spiro atoms. The highest BCUT2D eigenvalue weighted by molar-refractivity contribution is 7.94. The van der Waals surface area contributed by atoms with Gasteiger partial charge in [0.05, 0.1) is 27.5 Å². The summed E-state index contributed by atoms with van der Waals surface area (Å²) in [6, 6.07) is 9.13. The zero-order valence-corrected chi connectivity index (χ0v) is 19.0. The Morgan fingerprint density at radius 1 is 0.971 bits per heavy atom. The number of hydrogen-bond acceptors (Lipinski definition) is 11. The normalized spacial score (nSPS) is 12.3. The minimum atomic E-state index is -4.96. The molecule has 0 unspecified atom stereocenters. The van der Waals surface area contributed by atoms with Gasteiger partial charge in [0.1, 0.15) is 16.3 Å². The highest BCUT2D eigenvalue weighted by Gasteiger charge is 2.22. The van der Waals surface area contributed by atoms with Crippen LogP contribution in [-0.2, 0) is 29.6 Å². The molecule has 17 heteroatoms. The molecule has 3 aromatic carbocycles. The highest BCUT2D eigenvalue weighted by Crippen LogP contribution is 2.39. The first kappa shape index (κ1) is 25.5. The monoisotopic (exact) mass is 530 g/mol. The van der Waals surface area contributed by atoms with Crippen LogP contribution in [0.1, 0.15) is 0 Å². The summed E-state index contributed by atoms with van der Waals surface area (Å²) in [5.41, 5.74) is 5.41. The van der Waals surface area contributed by atoms with Crippen LogP contribution in [0.2, 0.25) is 0 Å². The summed E-state index contributed by atoms with van der Waals surface area (Å²) in [4.78, 5) is 9.59. The van der Waals surface area contributed by atoms with Crippen LogP contribution >= 0.6 is 12.0 Å². The Bertz CT molecular complexity index is 1510. The van der Waals surface area contributed by atoms with Gasteiger partial charge in [0.15, 0.2) is 0 Å². The van der Waals surface area contributed by atoms with E-state index < -0.39 is 36.1 Å². The standard InChI is InChI=1S/C17H14N4O10S3/c18-17(22)19-12-3-1-2-4-13(12)20-21-14-8-11-9(6-15(14)32-31-30-23)5-10(33(24,25)26)7-16(11)34(27,28)29/h1-8,23H,(H3,18,19,22)(H,24,25,26)(H,27,28,29). The zero-order chi connectivity index (χ0) is 25.1. The number of rotatable bonds is 8. The number of nitrogens with two attached hydrogens (primary N) is 1. The van der Waals surface area contributed by atoms with E-state index in [1.165, 1.54) is 18.2 Å². The predicted molar refractivity (Wildman–Crippen MR) is 118 cm³/mol. The van der Waals surface area contributed by atoms with Crippen molar-refractivity contribution < 1.29 is 45.4 Å². The van der Waals surface area contributed by atoms with Gasteiger partial charge >= 0.3 is 6.03 Å². The second kappa shape index (κ2) is 9.99. The van der Waals surface area contributed by atoms with E-state index in [4.69, 9.17) is 11.0 Å². The van der Waals surface area contributed by atoms with Crippen LogP contribution in [0.15, 0.2) is 73.4 Å². The number of hydrogen-bond donors (Lipinski definition) is 5. The summed E-state index contributed by atoms with van der Waals surface area (Å²) in [5, 5.41) is 22.1. The van der Waals surface area contributed by atoms with E-state index in [0.29, 0.717) is 18.1 Å². The third-order valence-corrected chi connectivity index (χ3v) is 6.49. The second-order valence-corrected chi connectivity index (χ2v) is 9.90. The molecule has 0 aromatic heterocycles. The predicted octanol–water partition coefficient (Wildman–Crippen LogP) is 3.67. The smallest absolute Gasteiger partial charge is 0.316 e. The van der Waals surface area contributed by atoms with Crippen molar-refractivity contribution in [2.75, 3.05) is 5.32 Å². The fraction of sp³-hybridized carbons (Fsp3) is 0. The molecular weight excluding hydrogens is 516 g/mol. The van der Waals surface area contributed by atoms with Crippen LogP contribution in [0.4, 0.5) is 21.9 Å². The van der Waals surface area contributed by atoms with Crippen molar-refractivity contribution in [3.8, 4) is 0 Å². The molecule has 0 aliphatic heterocycles. The van der Waals surface area contributed by atoms with Gasteiger partial charge in [-0.1, -0.05) is 17.2 Å². The van der Waals surface area contributed by atoms with Gasteiger partial charge in [-0.25, -0.2) is 10.1 Å². The summed E-state index contributed by atoms with van der Waals surface area (Å²) in [5.74, 6) is 0. The Kier molecular flexibility index (Phi) is 7.48. The van der Waals surface area contributed by atoms with E-state index in [1.807, 2.05) is 0 Å². The topological polar surface area (TPSA) is 227 Å². The van der Waals surface area contributed by atoms with Crippen LogP contribution < -0.4 is 11.1 Å². The van der Waals surface area contributed by atoms with Crippen LogP contribution in [0.25, 0.3) is 10.8 Å². The molecule has 0 atom stereocenters. The molecule has 14 nitrogen and oxygen atoms in total. The second-order valence-electron chi connectivity index (χ2n) is 6.34. The third-order valence-electron chi connectivity index (χ3n) is 4.13. The quantitative estimate of drug-likeness (QED) is 0.0927. The Morgan fingerprint density at radius 2 is 1.65 bits per heavy atom. The lowest BCUT2D eigenvalue weighted by Gasteiger charge is -2.10. The highest BCUT2D eigenvalue weighted by atomic mass is 32.2. The number of nitrogens with one attached hydrogen (secondary N) is 1. The van der Waals surface area contributed by atoms with Crippen molar-refractivity contribution in [2.45, 2.75) is 14.7 Å². The number of amides is 2. The van der Waals surface area contributed by atoms with Gasteiger partial charge in [0, 0.05) is 5.39 Å². The fourth-order valence-electron chi connectivity index (χ4n) is 2.78. The fourth-order valence-corrected chi connectivity index (χ4v) is 4.60. The van der Waals surface area contributed by atoms with E-state index in [2.05, 4.69) is 24.9 Å². The van der Waals surface area contributed by atoms with Gasteiger partial charge in [-0.05, 0) is 41.8 Å². The van der Waals surface area contributed by atoms with E-state index in [9.17, 15) is 30.7 Å². The van der Waals surface area contributed by atoms with Gasteiger partial charge in [-0.2, -0.15) is 16.8 Å². The minimum Gasteiger partial charge on any atom is -0.351 e. The van der Waals surface area contributed by atoms with Crippen molar-refractivity contribution in [3.05, 3.63) is 48.5 Å². The van der Waals surface area contributed by atoms with E-state index >= 15 is 0 Å². The van der Waals surface area contributed by atoms with Gasteiger partial charge in [-0.3, -0.25) is 9.11 Å². The number of benzene rings is 3. The number of carbonyl (C=O) groups excluding carboxylic acids is 1. The number of anilines is 1. The molecule has 2 amide bonds. The van der Waals surface area contributed by atoms with Crippen molar-refractivity contribution in [3.63, 3.8) is 0 Å². The lowest BCUT2D eigenvalue weighted by Crippen LogP contribution is -2.19. The maximum atomic E-state index is 11.9. The lowest BCUT2D eigenvalue weighted by molar-refractivity contribution is -0.432. The zero-order valence-electron chi connectivity index (χ0n) is 16.5. The molecule has 3 rings (SSSR count). The Hall–Kier alpha value is -3.16. The number of primary amides is 1. The molecule has 0 aliphatic rings. The molecule has 180 valence electrons. The first-order valence-corrected chi connectivity index (χ1v) is 12.3. The number of para-hydroxylation sites is 1. The first-order valence-electron chi connectivity index (χ1n) is 8.69. The molecule has 0 saturated carbocycles. The summed E-state index contributed by atoms with van der Waals surface area (Å²) in [7, 11) is -9.80. The number of nitrogens with zero attached hydrogens (tertiary/aromatic N) is 2. The molecule has 0 fully saturated rings. The molecular formula is C17H14N4O10S3. The number of fused-ring (bicyclic) bond motifs is 1. The van der Waals surface area contributed by atoms with E-state index in [1.54, 1.807) is 12.1 Å². The van der Waals surface area contributed by atoms with Gasteiger partial charge < -0.3 is 11.1 Å². The summed E-state index contributed by atoms with van der Waals surface area (Å²) >= 11 is 0.399. The number of azo groups is 1. The largest absolute Gasteiger partial charge is 0.351 e. The third kappa shape index (κ3) is 6.04. The first-order chi connectivity index (χ1) is 15.9. The average Bonchev–Trinajstić information content (AvgIpc) is 2.74. The van der Waals surface area contributed by atoms with Crippen molar-refractivity contribution in [1.29, 1.82) is 0 Å². The molecule has 0 saturated heterocycles. The van der Waals surface area contributed by atoms with Gasteiger partial charge in [0.2, 0.25) is 0 Å². The van der Waals surface area contributed by atoms with Crippen LogP contribution in [0.5, 0.6) is 0 Å². The minimum absolute atomic E-state index is 0.0411. The Balaban J connectivity index is 2.25. The molecule has 34 heavy (non-hydrogen) atoms. The van der Waals surface area contributed by atoms with Crippen molar-refractivity contribution in [2.24, 2.45) is 16.0 Å². The molecule has 3 aromatic rings. The summed E-state index contributed by atoms with van der Waals surface area (Å²) < 4.78 is 70.3. The Morgan fingerprint density at radius 3 is 2.26 bits per heavy atom. The average molecular weight is 531 g/mol. The Labute approximate surface area is 196 Å². The maximum Gasteiger partial charge on any atom is 0.316 e. The molecule has 0 heterocycles. The number of urea groups is 1. The van der Waals surface area contributed by atoms with Crippen LogP contribution in [0.3, 0.4) is 0 Å². The van der Waals surface area contributed by atoms with Crippen LogP contribution in [0, 0.1) is 0 Å². The summed E-state index contributed by atoms with van der Waals surface area (Å²) in [6.45, 7) is 0. The van der Waals surface area contributed by atoms with Crippen molar-refractivity contribution in [1.82, 2.24) is 0 Å². The lowest BCUT2D eigenvalue weighted by atomic mass is 10.1. The molecule has 0 radical (unpaired) electrons. The van der Waals surface area contributed by atoms with Crippen molar-refractivity contribution >= 4 is 66.1 Å². The van der Waals surface area contributed by atoms with Gasteiger partial charge in [-0.15, -0.1) is 14.6 Å². The SMILES string of the molecule is NC(=O)Nc1ccccc1N=Nc1cc2c(S(=O)(=O)O)cc(S(=O)(=O)O)cc2cc1SOOO. The number of carbonyl (C=O) groups is 1. The molecule has 0 aliphatic carbocycles. The maximum absolute atomic E-state index is 11.9. The van der Waals surface area contributed by atoms with Gasteiger partial charge in [0.25, 0.3) is 20.2 Å². The summed E-state index contributed by atoms with van der Waals surface area (Å²) in [6.07, 6.45) is 0. The molecule has 0 bridgehead atoms. The van der Waals surface area contributed by atoms with Crippen LogP contribution in [-0.4, -0.2) is 37.2 Å². The van der Waals surface area contributed by atoms with E-state index in [-0.39, 0.29) is 32.7 Å². The molecule has 6 N–H and O–H groups in total. The van der Waals surface area contributed by atoms with E-state index in [0.717, 1.165) is 12.1 Å².